The number of hydrogen-bond donors (Lipinski definition) is 0. The summed E-state index contributed by atoms with van der Waals surface area (Å²) in [6.45, 7) is 4.11. The summed E-state index contributed by atoms with van der Waals surface area (Å²) < 4.78 is 33.9. The van der Waals surface area contributed by atoms with Gasteiger partial charge in [-0.15, -0.1) is 0 Å². The highest BCUT2D eigenvalue weighted by Crippen LogP contribution is 2.38. The molecule has 346 valence electrons. The summed E-state index contributed by atoms with van der Waals surface area (Å²) in [5.74, 6) is -0.922. The Morgan fingerprint density at radius 3 is 1.50 bits per heavy atom. The minimum Gasteiger partial charge on any atom is -0.756 e. The summed E-state index contributed by atoms with van der Waals surface area (Å²) in [4.78, 5) is 37.6. The summed E-state index contributed by atoms with van der Waals surface area (Å²) in [5.41, 5.74) is 0. The predicted molar refractivity (Wildman–Crippen MR) is 249 cm³/mol. The van der Waals surface area contributed by atoms with Crippen LogP contribution in [-0.4, -0.2) is 70.0 Å². The lowest BCUT2D eigenvalue weighted by atomic mass is 10.1. The number of phosphoric ester groups is 1. The van der Waals surface area contributed by atoms with Crippen LogP contribution in [-0.2, 0) is 32.7 Å². The van der Waals surface area contributed by atoms with Crippen molar-refractivity contribution >= 4 is 19.8 Å². The number of ether oxygens (including phenoxy) is 2. The SMILES string of the molecule is CCCCCC/C=C/C=C/CCCCCCCC(=O)O[C@@H](COC(=O)CCC/C=C/C/C=C/C/C=C/C/C=C/CCCCCCCCC)COP(=O)([O-])OCC[N+](C)(C)C. The fourth-order valence-corrected chi connectivity index (χ4v) is 6.72. The quantitative estimate of drug-likeness (QED) is 0.0149. The van der Waals surface area contributed by atoms with Crippen LogP contribution in [0.15, 0.2) is 72.9 Å². The monoisotopic (exact) mass is 862 g/mol. The Labute approximate surface area is 368 Å². The van der Waals surface area contributed by atoms with Crippen molar-refractivity contribution in [1.29, 1.82) is 0 Å². The molecule has 0 saturated heterocycles. The van der Waals surface area contributed by atoms with Crippen LogP contribution in [0.3, 0.4) is 0 Å². The molecule has 0 spiro atoms. The molecule has 0 rings (SSSR count). The van der Waals surface area contributed by atoms with Gasteiger partial charge in [0.15, 0.2) is 6.10 Å². The second-order valence-corrected chi connectivity index (χ2v) is 18.2. The van der Waals surface area contributed by atoms with Crippen LogP contribution >= 0.6 is 7.82 Å². The molecule has 0 amide bonds. The van der Waals surface area contributed by atoms with Crippen molar-refractivity contribution < 1.29 is 42.1 Å². The van der Waals surface area contributed by atoms with Gasteiger partial charge in [-0.25, -0.2) is 0 Å². The van der Waals surface area contributed by atoms with Gasteiger partial charge in [-0.2, -0.15) is 0 Å². The maximum atomic E-state index is 12.7. The van der Waals surface area contributed by atoms with Crippen molar-refractivity contribution in [1.82, 2.24) is 0 Å². The number of nitrogens with zero attached hydrogens (tertiary/aromatic N) is 1. The fraction of sp³-hybridized carbons (Fsp3) is 0.720. The van der Waals surface area contributed by atoms with Gasteiger partial charge in [0.1, 0.15) is 19.8 Å². The molecule has 0 bridgehead atoms. The maximum Gasteiger partial charge on any atom is 0.306 e. The fourth-order valence-electron chi connectivity index (χ4n) is 5.99. The highest BCUT2D eigenvalue weighted by molar-refractivity contribution is 7.45. The van der Waals surface area contributed by atoms with Crippen LogP contribution in [0.5, 0.6) is 0 Å². The molecule has 0 N–H and O–H groups in total. The third-order valence-electron chi connectivity index (χ3n) is 9.73. The lowest BCUT2D eigenvalue weighted by Gasteiger charge is -2.28. The normalized spacial score (nSPS) is 14.2. The number of hydrogen-bond acceptors (Lipinski definition) is 8. The summed E-state index contributed by atoms with van der Waals surface area (Å²) in [5, 5.41) is 0. The number of carbonyl (C=O) groups is 2. The first kappa shape index (κ1) is 57.4. The van der Waals surface area contributed by atoms with Gasteiger partial charge >= 0.3 is 11.9 Å². The highest BCUT2D eigenvalue weighted by atomic mass is 31.2. The lowest BCUT2D eigenvalue weighted by Crippen LogP contribution is -2.37. The van der Waals surface area contributed by atoms with Crippen LogP contribution in [0.1, 0.15) is 181 Å². The van der Waals surface area contributed by atoms with E-state index in [-0.39, 0.29) is 26.1 Å². The Morgan fingerprint density at radius 1 is 0.533 bits per heavy atom. The van der Waals surface area contributed by atoms with E-state index in [0.29, 0.717) is 23.9 Å². The van der Waals surface area contributed by atoms with E-state index in [0.717, 1.165) is 64.2 Å². The van der Waals surface area contributed by atoms with Gasteiger partial charge in [0.25, 0.3) is 7.82 Å². The van der Waals surface area contributed by atoms with Gasteiger partial charge in [-0.3, -0.25) is 14.2 Å². The van der Waals surface area contributed by atoms with Gasteiger partial charge in [0.2, 0.25) is 0 Å². The highest BCUT2D eigenvalue weighted by Gasteiger charge is 2.21. The molecule has 0 aromatic carbocycles. The smallest absolute Gasteiger partial charge is 0.306 e. The van der Waals surface area contributed by atoms with Gasteiger partial charge < -0.3 is 27.9 Å². The van der Waals surface area contributed by atoms with Crippen molar-refractivity contribution in [2.75, 3.05) is 47.5 Å². The molecule has 0 aromatic heterocycles. The lowest BCUT2D eigenvalue weighted by molar-refractivity contribution is -0.870. The molecule has 0 heterocycles. The molecular weight excluding hydrogens is 774 g/mol. The van der Waals surface area contributed by atoms with Crippen molar-refractivity contribution in [2.24, 2.45) is 0 Å². The average molecular weight is 862 g/mol. The first-order valence-electron chi connectivity index (χ1n) is 23.7. The minimum absolute atomic E-state index is 0.0458. The van der Waals surface area contributed by atoms with Crippen molar-refractivity contribution in [3.05, 3.63) is 72.9 Å². The number of likely N-dealkylation sites (N-methyl/N-ethyl adjacent to an activating group) is 1. The van der Waals surface area contributed by atoms with E-state index in [2.05, 4.69) is 86.8 Å². The number of esters is 2. The predicted octanol–water partition coefficient (Wildman–Crippen LogP) is 13.2. The standard InChI is InChI=1S/C50H88NO8P/c1-6-8-10-12-14-16-18-20-22-23-24-25-26-27-29-30-32-34-36-38-40-42-49(52)56-46-48(47-58-60(54,55)57-45-44-51(3,4)5)59-50(53)43-41-39-37-35-33-31-28-21-19-17-15-13-11-9-7-2/h17,19,21-23,25-26,28-30,34,36,48H,6-16,18,20,24,27,31-33,35,37-47H2,1-5H3/b19-17+,23-22+,26-25+,28-21+,30-29+,36-34+/t48-/m0/s1. The third-order valence-corrected chi connectivity index (χ3v) is 10.7. The van der Waals surface area contributed by atoms with Crippen molar-refractivity contribution in [2.45, 2.75) is 187 Å². The van der Waals surface area contributed by atoms with Crippen LogP contribution in [0.2, 0.25) is 0 Å². The number of phosphoric acid groups is 1. The Balaban J connectivity index is 4.44. The molecule has 0 saturated carbocycles. The van der Waals surface area contributed by atoms with Crippen molar-refractivity contribution in [3.63, 3.8) is 0 Å². The molecule has 0 radical (unpaired) electrons. The molecule has 0 aliphatic carbocycles. The largest absolute Gasteiger partial charge is 0.756 e. The van der Waals surface area contributed by atoms with Crippen LogP contribution in [0.25, 0.3) is 0 Å². The summed E-state index contributed by atoms with van der Waals surface area (Å²) in [6.07, 6.45) is 52.2. The zero-order valence-corrected chi connectivity index (χ0v) is 39.8. The Kier molecular flexibility index (Phi) is 40.0. The van der Waals surface area contributed by atoms with Gasteiger partial charge in [-0.1, -0.05) is 164 Å². The number of carbonyl (C=O) groups excluding carboxylic acids is 2. The van der Waals surface area contributed by atoms with E-state index in [1.54, 1.807) is 0 Å². The maximum absolute atomic E-state index is 12.7. The van der Waals surface area contributed by atoms with Crippen LogP contribution < -0.4 is 4.89 Å². The van der Waals surface area contributed by atoms with Gasteiger partial charge in [0, 0.05) is 12.8 Å². The molecule has 9 nitrogen and oxygen atoms in total. The summed E-state index contributed by atoms with van der Waals surface area (Å²) >= 11 is 0. The molecule has 2 atom stereocenters. The molecule has 10 heteroatoms. The van der Waals surface area contributed by atoms with Gasteiger partial charge in [0.05, 0.1) is 27.7 Å². The zero-order chi connectivity index (χ0) is 44.3. The molecule has 0 aliphatic heterocycles. The molecule has 60 heavy (non-hydrogen) atoms. The van der Waals surface area contributed by atoms with E-state index in [1.807, 2.05) is 21.1 Å². The third kappa shape index (κ3) is 45.0. The van der Waals surface area contributed by atoms with E-state index >= 15 is 0 Å². The minimum atomic E-state index is -4.65. The molecule has 0 fully saturated rings. The zero-order valence-electron chi connectivity index (χ0n) is 38.9. The number of unbranched alkanes of at least 4 members (excludes halogenated alkanes) is 17. The number of allylic oxidation sites excluding steroid dienone is 12. The molecular formula is C50H88NO8P. The van der Waals surface area contributed by atoms with Crippen LogP contribution in [0.4, 0.5) is 0 Å². The van der Waals surface area contributed by atoms with E-state index in [1.165, 1.54) is 77.0 Å². The molecule has 0 aromatic rings. The van der Waals surface area contributed by atoms with Crippen LogP contribution in [0, 0.1) is 0 Å². The second-order valence-electron chi connectivity index (χ2n) is 16.8. The average Bonchev–Trinajstić information content (AvgIpc) is 3.20. The summed E-state index contributed by atoms with van der Waals surface area (Å²) in [6, 6.07) is 0. The number of quaternary nitrogens is 1. The molecule has 1 unspecified atom stereocenters. The topological polar surface area (TPSA) is 111 Å². The first-order chi connectivity index (χ1) is 29.0. The van der Waals surface area contributed by atoms with E-state index < -0.39 is 32.5 Å². The Morgan fingerprint density at radius 2 is 0.967 bits per heavy atom. The Hall–Kier alpha value is -2.55. The summed E-state index contributed by atoms with van der Waals surface area (Å²) in [7, 11) is 1.12. The number of rotatable bonds is 42. The first-order valence-corrected chi connectivity index (χ1v) is 25.1. The van der Waals surface area contributed by atoms with Crippen molar-refractivity contribution in [3.8, 4) is 0 Å². The van der Waals surface area contributed by atoms with Gasteiger partial charge in [-0.05, 0) is 77.0 Å². The molecule has 0 aliphatic rings. The Bertz CT molecular complexity index is 1250. The van der Waals surface area contributed by atoms with E-state index in [4.69, 9.17) is 18.5 Å². The second kappa shape index (κ2) is 41.8. The van der Waals surface area contributed by atoms with E-state index in [9.17, 15) is 19.0 Å².